The molecule has 0 bridgehead atoms. The summed E-state index contributed by atoms with van der Waals surface area (Å²) in [7, 11) is 0. The Balaban J connectivity index is 1.65. The van der Waals surface area contributed by atoms with Gasteiger partial charge in [0.05, 0.1) is 11.8 Å². The van der Waals surface area contributed by atoms with Crippen molar-refractivity contribution in [2.75, 3.05) is 0 Å². The quantitative estimate of drug-likeness (QED) is 0.578. The summed E-state index contributed by atoms with van der Waals surface area (Å²) in [6, 6.07) is 7.54. The summed E-state index contributed by atoms with van der Waals surface area (Å²) < 4.78 is 20.5. The van der Waals surface area contributed by atoms with Crippen LogP contribution in [0.1, 0.15) is 5.89 Å². The van der Waals surface area contributed by atoms with Gasteiger partial charge in [0, 0.05) is 5.56 Å². The van der Waals surface area contributed by atoms with Gasteiger partial charge in [0.1, 0.15) is 17.1 Å². The van der Waals surface area contributed by atoms with Crippen LogP contribution in [-0.2, 0) is 6.54 Å². The molecule has 114 valence electrons. The first-order valence-corrected chi connectivity index (χ1v) is 7.59. The van der Waals surface area contributed by atoms with Crippen LogP contribution in [0.5, 0.6) is 0 Å². The average Bonchev–Trinajstić information content (AvgIpc) is 3.20. The number of benzene rings is 1. The lowest BCUT2D eigenvalue weighted by atomic mass is 10.2. The fourth-order valence-corrected chi connectivity index (χ4v) is 2.96. The Morgan fingerprint density at radius 2 is 2.00 bits per heavy atom. The van der Waals surface area contributed by atoms with E-state index in [0.29, 0.717) is 15.8 Å². The van der Waals surface area contributed by atoms with Gasteiger partial charge in [-0.2, -0.15) is 0 Å². The van der Waals surface area contributed by atoms with Crippen molar-refractivity contribution >= 4 is 21.6 Å². The van der Waals surface area contributed by atoms with Crippen molar-refractivity contribution in [1.82, 2.24) is 19.7 Å². The van der Waals surface area contributed by atoms with Gasteiger partial charge in [-0.05, 0) is 35.7 Å². The summed E-state index contributed by atoms with van der Waals surface area (Å²) >= 11 is 1.34. The molecule has 3 aromatic heterocycles. The molecule has 0 saturated heterocycles. The summed E-state index contributed by atoms with van der Waals surface area (Å²) in [6.45, 7) is 0.133. The largest absolute Gasteiger partial charge is 0.419 e. The maximum Gasteiger partial charge on any atom is 0.271 e. The SMILES string of the molecule is O=c1c2sccc2ncn1Cc1nnc(-c2ccc(F)cc2)o1. The molecule has 0 radical (unpaired) electrons. The van der Waals surface area contributed by atoms with Crippen LogP contribution in [0.15, 0.2) is 51.3 Å². The number of thiophene rings is 1. The molecule has 0 aliphatic rings. The van der Waals surface area contributed by atoms with E-state index in [1.807, 2.05) is 5.38 Å². The van der Waals surface area contributed by atoms with E-state index in [0.717, 1.165) is 0 Å². The Morgan fingerprint density at radius 3 is 2.83 bits per heavy atom. The van der Waals surface area contributed by atoms with E-state index in [1.54, 1.807) is 18.2 Å². The average molecular weight is 328 g/mol. The maximum absolute atomic E-state index is 12.9. The minimum absolute atomic E-state index is 0.133. The Hall–Kier alpha value is -2.87. The molecule has 0 amide bonds. The molecule has 0 unspecified atom stereocenters. The van der Waals surface area contributed by atoms with Crippen molar-refractivity contribution in [3.63, 3.8) is 0 Å². The Morgan fingerprint density at radius 1 is 1.17 bits per heavy atom. The minimum Gasteiger partial charge on any atom is -0.419 e. The number of rotatable bonds is 3. The van der Waals surface area contributed by atoms with Crippen LogP contribution in [0, 0.1) is 5.82 Å². The third-order valence-electron chi connectivity index (χ3n) is 3.30. The molecular formula is C15H9FN4O2S. The standard InChI is InChI=1S/C15H9FN4O2S/c16-10-3-1-9(2-4-10)14-19-18-12(22-14)7-20-8-17-11-5-6-23-13(11)15(20)21/h1-6,8H,7H2. The van der Waals surface area contributed by atoms with Crippen LogP contribution in [0.2, 0.25) is 0 Å². The third-order valence-corrected chi connectivity index (χ3v) is 4.19. The molecule has 8 heteroatoms. The number of nitrogens with zero attached hydrogens (tertiary/aromatic N) is 4. The summed E-state index contributed by atoms with van der Waals surface area (Å²) in [5.74, 6) is 0.220. The topological polar surface area (TPSA) is 73.8 Å². The number of hydrogen-bond acceptors (Lipinski definition) is 6. The van der Waals surface area contributed by atoms with Crippen LogP contribution in [0.3, 0.4) is 0 Å². The Kier molecular flexibility index (Phi) is 3.23. The lowest BCUT2D eigenvalue weighted by molar-refractivity contribution is 0.483. The molecule has 0 atom stereocenters. The second kappa shape index (κ2) is 5.40. The van der Waals surface area contributed by atoms with Crippen molar-refractivity contribution in [3.8, 4) is 11.5 Å². The summed E-state index contributed by atoms with van der Waals surface area (Å²) in [4.78, 5) is 16.5. The predicted octanol–water partition coefficient (Wildman–Crippen LogP) is 2.70. The Labute approximate surface area is 132 Å². The molecule has 3 heterocycles. The van der Waals surface area contributed by atoms with E-state index in [4.69, 9.17) is 4.42 Å². The monoisotopic (exact) mass is 328 g/mol. The van der Waals surface area contributed by atoms with E-state index in [1.165, 1.54) is 34.4 Å². The zero-order valence-electron chi connectivity index (χ0n) is 11.6. The van der Waals surface area contributed by atoms with Gasteiger partial charge in [0.25, 0.3) is 5.56 Å². The van der Waals surface area contributed by atoms with Crippen molar-refractivity contribution in [3.05, 3.63) is 64.1 Å². The second-order valence-electron chi connectivity index (χ2n) is 4.82. The van der Waals surface area contributed by atoms with Crippen molar-refractivity contribution in [2.45, 2.75) is 6.54 Å². The summed E-state index contributed by atoms with van der Waals surface area (Å²) in [5.41, 5.74) is 1.14. The normalized spacial score (nSPS) is 11.2. The van der Waals surface area contributed by atoms with Gasteiger partial charge in [0.2, 0.25) is 11.8 Å². The first kappa shape index (κ1) is 13.8. The fraction of sp³-hybridized carbons (Fsp3) is 0.0667. The highest BCUT2D eigenvalue weighted by molar-refractivity contribution is 7.17. The van der Waals surface area contributed by atoms with Gasteiger partial charge in [-0.3, -0.25) is 9.36 Å². The number of aromatic nitrogens is 4. The van der Waals surface area contributed by atoms with Crippen molar-refractivity contribution < 1.29 is 8.81 Å². The molecule has 4 aromatic rings. The smallest absolute Gasteiger partial charge is 0.271 e. The van der Waals surface area contributed by atoms with E-state index < -0.39 is 0 Å². The molecular weight excluding hydrogens is 319 g/mol. The molecule has 6 nitrogen and oxygen atoms in total. The van der Waals surface area contributed by atoms with E-state index in [2.05, 4.69) is 15.2 Å². The number of hydrogen-bond donors (Lipinski definition) is 0. The highest BCUT2D eigenvalue weighted by Gasteiger charge is 2.11. The minimum atomic E-state index is -0.338. The van der Waals surface area contributed by atoms with Crippen LogP contribution in [0.4, 0.5) is 4.39 Å². The molecule has 0 spiro atoms. The molecule has 0 N–H and O–H groups in total. The third kappa shape index (κ3) is 2.53. The molecule has 0 aliphatic carbocycles. The zero-order valence-corrected chi connectivity index (χ0v) is 12.5. The van der Waals surface area contributed by atoms with Gasteiger partial charge >= 0.3 is 0 Å². The predicted molar refractivity (Wildman–Crippen MR) is 82.7 cm³/mol. The first-order valence-electron chi connectivity index (χ1n) is 6.72. The molecule has 23 heavy (non-hydrogen) atoms. The summed E-state index contributed by atoms with van der Waals surface area (Å²) in [5, 5.41) is 9.67. The molecule has 0 aliphatic heterocycles. The van der Waals surface area contributed by atoms with Crippen molar-refractivity contribution in [1.29, 1.82) is 0 Å². The highest BCUT2D eigenvalue weighted by Crippen LogP contribution is 2.18. The van der Waals surface area contributed by atoms with Gasteiger partial charge in [0.15, 0.2) is 0 Å². The van der Waals surface area contributed by atoms with Gasteiger partial charge in [-0.15, -0.1) is 21.5 Å². The van der Waals surface area contributed by atoms with Crippen LogP contribution < -0.4 is 5.56 Å². The zero-order chi connectivity index (χ0) is 15.8. The molecule has 0 saturated carbocycles. The van der Waals surface area contributed by atoms with Crippen LogP contribution in [-0.4, -0.2) is 19.7 Å². The second-order valence-corrected chi connectivity index (χ2v) is 5.74. The molecule has 4 rings (SSSR count). The highest BCUT2D eigenvalue weighted by atomic mass is 32.1. The van der Waals surface area contributed by atoms with Gasteiger partial charge in [-0.25, -0.2) is 9.37 Å². The summed E-state index contributed by atoms with van der Waals surface area (Å²) in [6.07, 6.45) is 1.46. The number of fused-ring (bicyclic) bond motifs is 1. The van der Waals surface area contributed by atoms with E-state index >= 15 is 0 Å². The fourth-order valence-electron chi connectivity index (χ4n) is 2.16. The molecule has 0 fully saturated rings. The van der Waals surface area contributed by atoms with Crippen LogP contribution >= 0.6 is 11.3 Å². The lowest BCUT2D eigenvalue weighted by Gasteiger charge is -2.00. The van der Waals surface area contributed by atoms with E-state index in [-0.39, 0.29) is 29.7 Å². The van der Waals surface area contributed by atoms with Gasteiger partial charge in [-0.1, -0.05) is 0 Å². The van der Waals surface area contributed by atoms with E-state index in [9.17, 15) is 9.18 Å². The first-order chi connectivity index (χ1) is 11.2. The van der Waals surface area contributed by atoms with Crippen molar-refractivity contribution in [2.24, 2.45) is 0 Å². The Bertz CT molecular complexity index is 1040. The molecule has 1 aromatic carbocycles. The maximum atomic E-state index is 12.9. The van der Waals surface area contributed by atoms with Crippen LogP contribution in [0.25, 0.3) is 21.7 Å². The van der Waals surface area contributed by atoms with Gasteiger partial charge < -0.3 is 4.42 Å². The lowest BCUT2D eigenvalue weighted by Crippen LogP contribution is -2.20. The number of halogens is 1.